The van der Waals surface area contributed by atoms with Crippen molar-refractivity contribution in [3.05, 3.63) is 0 Å². The molecule has 0 aliphatic carbocycles. The monoisotopic (exact) mass is 158 g/mol. The van der Waals surface area contributed by atoms with E-state index in [1.54, 1.807) is 6.92 Å². The first-order valence-electron chi connectivity index (χ1n) is 3.54. The molecule has 0 aliphatic rings. The molecule has 4 nitrogen and oxygen atoms in total. The molecule has 0 bridgehead atoms. The van der Waals surface area contributed by atoms with Crippen molar-refractivity contribution >= 4 is 12.4 Å². The van der Waals surface area contributed by atoms with Crippen LogP contribution in [0.1, 0.15) is 20.3 Å². The van der Waals surface area contributed by atoms with Crippen LogP contribution in [0, 0.1) is 5.92 Å². The second-order valence-electron chi connectivity index (χ2n) is 2.48. The van der Waals surface area contributed by atoms with Crippen LogP contribution in [0.3, 0.4) is 0 Å². The van der Waals surface area contributed by atoms with Crippen LogP contribution in [0.25, 0.3) is 0 Å². The normalized spacial score (nSPS) is 15.1. The lowest BCUT2D eigenvalue weighted by Gasteiger charge is -2.19. The Bertz CT molecular complexity index is 147. The van der Waals surface area contributed by atoms with E-state index in [0.717, 1.165) is 6.42 Å². The fourth-order valence-corrected chi connectivity index (χ4v) is 0.700. The van der Waals surface area contributed by atoms with Gasteiger partial charge in [-0.15, -0.1) is 0 Å². The number of hydrogen-bond donors (Lipinski definition) is 1. The van der Waals surface area contributed by atoms with Gasteiger partial charge in [-0.05, 0) is 5.92 Å². The maximum atomic E-state index is 10.3. The third-order valence-electron chi connectivity index (χ3n) is 1.69. The zero-order chi connectivity index (χ0) is 8.85. The van der Waals surface area contributed by atoms with E-state index in [0.29, 0.717) is 6.29 Å². The van der Waals surface area contributed by atoms with E-state index in [9.17, 15) is 14.7 Å². The molecule has 0 heterocycles. The highest BCUT2D eigenvalue weighted by Gasteiger charge is 2.13. The average Bonchev–Trinajstić information content (AvgIpc) is 1.98. The van der Waals surface area contributed by atoms with Gasteiger partial charge in [-0.25, -0.2) is 0 Å². The van der Waals surface area contributed by atoms with Gasteiger partial charge in [-0.1, -0.05) is 20.3 Å². The summed E-state index contributed by atoms with van der Waals surface area (Å²) in [5, 5.41) is 12.0. The van der Waals surface area contributed by atoms with Gasteiger partial charge in [-0.2, -0.15) is 0 Å². The SMILES string of the molecule is CCC(C)C(C=O)NC(=O)[O-]. The molecule has 2 atom stereocenters. The van der Waals surface area contributed by atoms with Crippen molar-refractivity contribution < 1.29 is 14.7 Å². The Labute approximate surface area is 65.6 Å². The number of amides is 1. The van der Waals surface area contributed by atoms with E-state index in [1.165, 1.54) is 0 Å². The molecule has 0 rings (SSSR count). The zero-order valence-electron chi connectivity index (χ0n) is 6.66. The van der Waals surface area contributed by atoms with Crippen molar-refractivity contribution in [3.63, 3.8) is 0 Å². The van der Waals surface area contributed by atoms with Crippen LogP contribution < -0.4 is 10.4 Å². The van der Waals surface area contributed by atoms with Crippen molar-refractivity contribution in [2.75, 3.05) is 0 Å². The zero-order valence-corrected chi connectivity index (χ0v) is 6.66. The van der Waals surface area contributed by atoms with Crippen molar-refractivity contribution in [3.8, 4) is 0 Å². The van der Waals surface area contributed by atoms with E-state index in [1.807, 2.05) is 12.2 Å². The Kier molecular flexibility index (Phi) is 4.26. The molecule has 0 saturated heterocycles. The molecular formula is C7H12NO3-. The number of hydrogen-bond acceptors (Lipinski definition) is 3. The van der Waals surface area contributed by atoms with Gasteiger partial charge in [0.1, 0.15) is 12.4 Å². The summed E-state index contributed by atoms with van der Waals surface area (Å²) in [6, 6.07) is -0.634. The first-order chi connectivity index (χ1) is 5.11. The molecule has 0 fully saturated rings. The molecule has 0 aromatic rings. The highest BCUT2D eigenvalue weighted by atomic mass is 16.4. The topological polar surface area (TPSA) is 69.2 Å². The Balaban J connectivity index is 3.94. The summed E-state index contributed by atoms with van der Waals surface area (Å²) < 4.78 is 0. The van der Waals surface area contributed by atoms with Gasteiger partial charge in [0, 0.05) is 0 Å². The van der Waals surface area contributed by atoms with Crippen LogP contribution in [-0.4, -0.2) is 18.4 Å². The Hall–Kier alpha value is -1.06. The number of nitrogens with one attached hydrogen (secondary N) is 1. The predicted octanol–water partition coefficient (Wildman–Crippen LogP) is -0.467. The summed E-state index contributed by atoms with van der Waals surface area (Å²) >= 11 is 0. The second kappa shape index (κ2) is 4.71. The van der Waals surface area contributed by atoms with E-state index in [4.69, 9.17) is 0 Å². The molecule has 0 aliphatic heterocycles. The van der Waals surface area contributed by atoms with Gasteiger partial charge in [-0.3, -0.25) is 0 Å². The van der Waals surface area contributed by atoms with E-state index in [2.05, 4.69) is 0 Å². The quantitative estimate of drug-likeness (QED) is 0.562. The van der Waals surface area contributed by atoms with E-state index < -0.39 is 12.1 Å². The maximum Gasteiger partial charge on any atom is 0.142 e. The standard InChI is InChI=1S/C7H13NO3/c1-3-5(2)6(4-9)8-7(10)11/h4-6,8H,3H2,1-2H3,(H,10,11)/p-1. The number of carboxylic acid groups (broad SMARTS) is 1. The molecule has 0 radical (unpaired) electrons. The fraction of sp³-hybridized carbons (Fsp3) is 0.714. The highest BCUT2D eigenvalue weighted by molar-refractivity contribution is 5.70. The number of carbonyl (C=O) groups excluding carboxylic acids is 2. The molecule has 2 unspecified atom stereocenters. The molecule has 0 aromatic heterocycles. The Morgan fingerprint density at radius 2 is 2.27 bits per heavy atom. The number of rotatable bonds is 4. The molecule has 1 N–H and O–H groups in total. The van der Waals surface area contributed by atoms with Gasteiger partial charge in [0.15, 0.2) is 0 Å². The van der Waals surface area contributed by atoms with Crippen LogP contribution in [-0.2, 0) is 4.79 Å². The van der Waals surface area contributed by atoms with E-state index in [-0.39, 0.29) is 5.92 Å². The predicted molar refractivity (Wildman–Crippen MR) is 37.8 cm³/mol. The molecule has 1 amide bonds. The summed E-state index contributed by atoms with van der Waals surface area (Å²) in [6.45, 7) is 3.69. The number of carbonyl (C=O) groups is 2. The molecule has 4 heteroatoms. The molecule has 0 spiro atoms. The summed E-state index contributed by atoms with van der Waals surface area (Å²) in [7, 11) is 0. The minimum absolute atomic E-state index is 0.0189. The minimum atomic E-state index is -1.40. The van der Waals surface area contributed by atoms with Crippen molar-refractivity contribution in [1.29, 1.82) is 0 Å². The lowest BCUT2D eigenvalue weighted by atomic mass is 10.0. The van der Waals surface area contributed by atoms with Crippen molar-refractivity contribution in [2.45, 2.75) is 26.3 Å². The third kappa shape index (κ3) is 3.60. The minimum Gasteiger partial charge on any atom is -0.530 e. The average molecular weight is 158 g/mol. The number of aldehydes is 1. The fourth-order valence-electron chi connectivity index (χ4n) is 0.700. The third-order valence-corrected chi connectivity index (χ3v) is 1.69. The molecule has 64 valence electrons. The van der Waals surface area contributed by atoms with E-state index >= 15 is 0 Å². The van der Waals surface area contributed by atoms with Crippen LogP contribution in [0.4, 0.5) is 4.79 Å². The first kappa shape index (κ1) is 9.94. The first-order valence-corrected chi connectivity index (χ1v) is 3.54. The van der Waals surface area contributed by atoms with Gasteiger partial charge in [0.2, 0.25) is 0 Å². The smallest absolute Gasteiger partial charge is 0.142 e. The van der Waals surface area contributed by atoms with Crippen LogP contribution in [0.5, 0.6) is 0 Å². The second-order valence-corrected chi connectivity index (χ2v) is 2.48. The van der Waals surface area contributed by atoms with Crippen LogP contribution in [0.2, 0.25) is 0 Å². The van der Waals surface area contributed by atoms with Gasteiger partial charge >= 0.3 is 0 Å². The molecule has 0 saturated carbocycles. The molecular weight excluding hydrogens is 146 g/mol. The lowest BCUT2D eigenvalue weighted by Crippen LogP contribution is -2.46. The Morgan fingerprint density at radius 1 is 1.73 bits per heavy atom. The summed E-state index contributed by atoms with van der Waals surface area (Å²) in [5.74, 6) is 0.0189. The Morgan fingerprint density at radius 3 is 2.55 bits per heavy atom. The lowest BCUT2D eigenvalue weighted by molar-refractivity contribution is -0.251. The van der Waals surface area contributed by atoms with Crippen molar-refractivity contribution in [2.24, 2.45) is 5.92 Å². The van der Waals surface area contributed by atoms with Gasteiger partial charge in [0.25, 0.3) is 0 Å². The van der Waals surface area contributed by atoms with Gasteiger partial charge in [0.05, 0.1) is 6.04 Å². The summed E-state index contributed by atoms with van der Waals surface area (Å²) in [4.78, 5) is 20.3. The summed E-state index contributed by atoms with van der Waals surface area (Å²) in [6.07, 6.45) is -0.0596. The van der Waals surface area contributed by atoms with Crippen LogP contribution in [0.15, 0.2) is 0 Å². The molecule has 0 aromatic carbocycles. The largest absolute Gasteiger partial charge is 0.530 e. The highest BCUT2D eigenvalue weighted by Crippen LogP contribution is 2.04. The maximum absolute atomic E-state index is 10.3. The van der Waals surface area contributed by atoms with Crippen molar-refractivity contribution in [1.82, 2.24) is 5.32 Å². The molecule has 11 heavy (non-hydrogen) atoms. The van der Waals surface area contributed by atoms with Crippen LogP contribution >= 0.6 is 0 Å². The van der Waals surface area contributed by atoms with Gasteiger partial charge < -0.3 is 20.0 Å². The summed E-state index contributed by atoms with van der Waals surface area (Å²) in [5.41, 5.74) is 0.